The molecule has 0 aliphatic carbocycles. The number of carbonyl (C=O) groups is 1. The summed E-state index contributed by atoms with van der Waals surface area (Å²) in [4.78, 5) is 22.4. The third-order valence-corrected chi connectivity index (χ3v) is 7.89. The standard InChI is InChI=1S/C31H30F2N5O4PS/c1-40-13-12-34-17-19-4-8-24(36-18-19)29-16-26-30(44-29)28(10-11-35-26)41-27-9-5-20(14-23(27)33)37-31(39)38-25-15-21(42-43(2)3)6-7-22(25)32/h4-11,14-16,18,34H,12-13,17H2,1-3H3,(H2,37,38,39). The highest BCUT2D eigenvalue weighted by Crippen LogP contribution is 2.39. The van der Waals surface area contributed by atoms with Crippen molar-refractivity contribution in [3.05, 3.63) is 90.3 Å². The number of anilines is 2. The molecule has 0 bridgehead atoms. The number of urea groups is 1. The summed E-state index contributed by atoms with van der Waals surface area (Å²) in [7, 11) is 0.942. The maximum absolute atomic E-state index is 15.1. The molecule has 228 valence electrons. The Labute approximate surface area is 258 Å². The van der Waals surface area contributed by atoms with Gasteiger partial charge in [-0.2, -0.15) is 0 Å². The fourth-order valence-corrected chi connectivity index (χ4v) is 5.71. The summed E-state index contributed by atoms with van der Waals surface area (Å²) in [6, 6.07) is 14.9. The lowest BCUT2D eigenvalue weighted by atomic mass is 10.2. The highest BCUT2D eigenvalue weighted by Gasteiger charge is 2.15. The molecule has 3 N–H and O–H groups in total. The summed E-state index contributed by atoms with van der Waals surface area (Å²) in [5.41, 5.74) is 2.64. The van der Waals surface area contributed by atoms with Crippen LogP contribution in [0.4, 0.5) is 25.0 Å². The number of fused-ring (bicyclic) bond motifs is 1. The fraction of sp³-hybridized carbons (Fsp3) is 0.194. The minimum absolute atomic E-state index is 0.0339. The first-order chi connectivity index (χ1) is 21.3. The van der Waals surface area contributed by atoms with E-state index in [0.29, 0.717) is 30.2 Å². The van der Waals surface area contributed by atoms with E-state index in [9.17, 15) is 9.18 Å². The molecule has 44 heavy (non-hydrogen) atoms. The average molecular weight is 638 g/mol. The SMILES string of the molecule is COCCNCc1ccc(-c2cc3nccc(Oc4ccc(NC(=O)Nc5cc(OP(C)C)ccc5F)cc4F)c3s2)nc1. The molecule has 5 aromatic rings. The molecule has 0 aliphatic heterocycles. The third kappa shape index (κ3) is 8.03. The second-order valence-corrected chi connectivity index (χ2v) is 12.6. The normalized spacial score (nSPS) is 11.1. The van der Waals surface area contributed by atoms with Crippen molar-refractivity contribution in [3.63, 3.8) is 0 Å². The Morgan fingerprint density at radius 2 is 1.82 bits per heavy atom. The lowest BCUT2D eigenvalue weighted by Gasteiger charge is -2.13. The Morgan fingerprint density at radius 3 is 2.57 bits per heavy atom. The van der Waals surface area contributed by atoms with Gasteiger partial charge in [-0.1, -0.05) is 6.07 Å². The van der Waals surface area contributed by atoms with E-state index in [1.807, 2.05) is 37.7 Å². The molecule has 0 aliphatic rings. The highest BCUT2D eigenvalue weighted by molar-refractivity contribution is 7.51. The molecule has 3 heterocycles. The molecule has 3 aromatic heterocycles. The zero-order valence-electron chi connectivity index (χ0n) is 24.2. The number of aromatic nitrogens is 2. The van der Waals surface area contributed by atoms with Crippen molar-refractivity contribution < 1.29 is 27.6 Å². The molecular formula is C31H30F2N5O4PS. The van der Waals surface area contributed by atoms with Crippen molar-refractivity contribution in [1.29, 1.82) is 0 Å². The molecule has 5 rings (SSSR count). The van der Waals surface area contributed by atoms with Crippen molar-refractivity contribution in [1.82, 2.24) is 15.3 Å². The summed E-state index contributed by atoms with van der Waals surface area (Å²) >= 11 is 1.44. The van der Waals surface area contributed by atoms with E-state index < -0.39 is 25.8 Å². The predicted octanol–water partition coefficient (Wildman–Crippen LogP) is 7.84. The van der Waals surface area contributed by atoms with Crippen molar-refractivity contribution in [3.8, 4) is 27.8 Å². The number of methoxy groups -OCH3 is 1. The van der Waals surface area contributed by atoms with Crippen LogP contribution in [0.15, 0.2) is 73.1 Å². The minimum atomic E-state index is -0.740. The second-order valence-electron chi connectivity index (χ2n) is 9.73. The number of rotatable bonds is 12. The third-order valence-electron chi connectivity index (χ3n) is 6.15. The van der Waals surface area contributed by atoms with E-state index in [-0.39, 0.29) is 17.1 Å². The molecule has 0 atom stereocenters. The summed E-state index contributed by atoms with van der Waals surface area (Å²) in [6.07, 6.45) is 3.42. The van der Waals surface area contributed by atoms with Gasteiger partial charge in [0, 0.05) is 56.5 Å². The molecule has 9 nitrogen and oxygen atoms in total. The monoisotopic (exact) mass is 637 g/mol. The summed E-state index contributed by atoms with van der Waals surface area (Å²) in [5.74, 6) is -0.485. The van der Waals surface area contributed by atoms with Gasteiger partial charge in [-0.05, 0) is 55.3 Å². The number of hydrogen-bond donors (Lipinski definition) is 3. The van der Waals surface area contributed by atoms with Crippen LogP contribution in [0.5, 0.6) is 17.2 Å². The van der Waals surface area contributed by atoms with Crippen molar-refractivity contribution in [2.24, 2.45) is 0 Å². The van der Waals surface area contributed by atoms with Crippen LogP contribution in [0.25, 0.3) is 20.8 Å². The number of nitrogens with zero attached hydrogens (tertiary/aromatic N) is 2. The Morgan fingerprint density at radius 1 is 0.955 bits per heavy atom. The number of nitrogens with one attached hydrogen (secondary N) is 3. The van der Waals surface area contributed by atoms with Crippen LogP contribution in [0.2, 0.25) is 0 Å². The van der Waals surface area contributed by atoms with E-state index in [4.69, 9.17) is 14.0 Å². The smallest absolute Gasteiger partial charge is 0.323 e. The number of benzene rings is 2. The number of amides is 2. The number of thiophene rings is 1. The zero-order valence-corrected chi connectivity index (χ0v) is 25.9. The molecule has 0 saturated heterocycles. The molecular weight excluding hydrogens is 607 g/mol. The van der Waals surface area contributed by atoms with Crippen LogP contribution >= 0.6 is 19.5 Å². The lowest BCUT2D eigenvalue weighted by Crippen LogP contribution is -2.20. The van der Waals surface area contributed by atoms with Crippen molar-refractivity contribution in [2.45, 2.75) is 6.54 Å². The van der Waals surface area contributed by atoms with E-state index in [1.165, 1.54) is 41.7 Å². The average Bonchev–Trinajstić information content (AvgIpc) is 3.44. The minimum Gasteiger partial charge on any atom is -0.475 e. The predicted molar refractivity (Wildman–Crippen MR) is 171 cm³/mol. The van der Waals surface area contributed by atoms with Crippen LogP contribution in [-0.4, -0.2) is 49.6 Å². The molecule has 0 saturated carbocycles. The maximum Gasteiger partial charge on any atom is 0.323 e. The molecule has 0 unspecified atom stereocenters. The van der Waals surface area contributed by atoms with Gasteiger partial charge in [-0.15, -0.1) is 11.3 Å². The van der Waals surface area contributed by atoms with Gasteiger partial charge in [0.1, 0.15) is 17.3 Å². The summed E-state index contributed by atoms with van der Waals surface area (Å²) < 4.78 is 46.7. The van der Waals surface area contributed by atoms with E-state index in [1.54, 1.807) is 19.4 Å². The molecule has 0 fully saturated rings. The first kappa shape index (κ1) is 31.2. The van der Waals surface area contributed by atoms with E-state index >= 15 is 4.39 Å². The number of carbonyl (C=O) groups excluding carboxylic acids is 1. The quantitative estimate of drug-likeness (QED) is 0.0945. The highest BCUT2D eigenvalue weighted by atomic mass is 32.1. The Bertz CT molecular complexity index is 1750. The van der Waals surface area contributed by atoms with E-state index in [2.05, 4.69) is 25.9 Å². The lowest BCUT2D eigenvalue weighted by molar-refractivity contribution is 0.199. The zero-order chi connectivity index (χ0) is 31.1. The van der Waals surface area contributed by atoms with Gasteiger partial charge in [0.2, 0.25) is 0 Å². The molecule has 0 radical (unpaired) electrons. The molecule has 2 amide bonds. The Kier molecular flexibility index (Phi) is 10.3. The largest absolute Gasteiger partial charge is 0.475 e. The summed E-state index contributed by atoms with van der Waals surface area (Å²) in [5, 5.41) is 8.23. The molecule has 2 aromatic carbocycles. The van der Waals surface area contributed by atoms with Gasteiger partial charge < -0.3 is 29.9 Å². The van der Waals surface area contributed by atoms with Gasteiger partial charge in [0.05, 0.1) is 41.2 Å². The topological polar surface area (TPSA) is 107 Å². The molecule has 0 spiro atoms. The van der Waals surface area contributed by atoms with Gasteiger partial charge in [-0.3, -0.25) is 9.97 Å². The Hall–Kier alpha value is -4.22. The van der Waals surface area contributed by atoms with Gasteiger partial charge in [0.25, 0.3) is 0 Å². The number of pyridine rings is 2. The first-order valence-electron chi connectivity index (χ1n) is 13.5. The Balaban J connectivity index is 1.25. The summed E-state index contributed by atoms with van der Waals surface area (Å²) in [6.45, 7) is 5.88. The van der Waals surface area contributed by atoms with E-state index in [0.717, 1.165) is 33.4 Å². The number of halogens is 2. The number of hydrogen-bond acceptors (Lipinski definition) is 8. The number of ether oxygens (including phenoxy) is 2. The van der Waals surface area contributed by atoms with Crippen LogP contribution in [-0.2, 0) is 11.3 Å². The first-order valence-corrected chi connectivity index (χ1v) is 16.5. The van der Waals surface area contributed by atoms with Gasteiger partial charge in [0.15, 0.2) is 11.6 Å². The molecule has 13 heteroatoms. The van der Waals surface area contributed by atoms with Crippen LogP contribution in [0.3, 0.4) is 0 Å². The van der Waals surface area contributed by atoms with Crippen LogP contribution in [0.1, 0.15) is 5.56 Å². The van der Waals surface area contributed by atoms with Gasteiger partial charge in [-0.25, -0.2) is 13.6 Å². The van der Waals surface area contributed by atoms with Crippen LogP contribution in [0, 0.1) is 11.6 Å². The fourth-order valence-electron chi connectivity index (χ4n) is 4.14. The maximum atomic E-state index is 15.1. The second kappa shape index (κ2) is 14.5. The van der Waals surface area contributed by atoms with Crippen molar-refractivity contribution in [2.75, 3.05) is 44.2 Å². The van der Waals surface area contributed by atoms with Crippen LogP contribution < -0.4 is 25.2 Å². The van der Waals surface area contributed by atoms with Gasteiger partial charge >= 0.3 is 6.03 Å². The van der Waals surface area contributed by atoms with Crippen molar-refractivity contribution >= 4 is 47.1 Å².